The third-order valence-electron chi connectivity index (χ3n) is 7.06. The van der Waals surface area contributed by atoms with Crippen molar-refractivity contribution in [3.8, 4) is 0 Å². The van der Waals surface area contributed by atoms with Crippen LogP contribution in [0.5, 0.6) is 0 Å². The number of hydrogen-bond donors (Lipinski definition) is 0. The first-order valence-corrected chi connectivity index (χ1v) is 12.3. The molecule has 3 fully saturated rings. The molecular formula is C22H32N2O3S. The summed E-state index contributed by atoms with van der Waals surface area (Å²) < 4.78 is 27.3. The molecule has 0 unspecified atom stereocenters. The maximum absolute atomic E-state index is 12.9. The summed E-state index contributed by atoms with van der Waals surface area (Å²) in [6, 6.07) is 6.59. The van der Waals surface area contributed by atoms with Crippen LogP contribution in [0.1, 0.15) is 62.2 Å². The summed E-state index contributed by atoms with van der Waals surface area (Å²) in [5.74, 6) is 2.06. The number of amides is 1. The summed E-state index contributed by atoms with van der Waals surface area (Å²) in [4.78, 5) is 15.2. The van der Waals surface area contributed by atoms with Gasteiger partial charge in [-0.1, -0.05) is 26.2 Å². The molecule has 2 heterocycles. The van der Waals surface area contributed by atoms with Crippen molar-refractivity contribution in [2.75, 3.05) is 26.2 Å². The molecule has 0 radical (unpaired) electrons. The fourth-order valence-corrected chi connectivity index (χ4v) is 6.58. The smallest absolute Gasteiger partial charge is 0.253 e. The van der Waals surface area contributed by atoms with Crippen molar-refractivity contribution >= 4 is 15.9 Å². The number of benzene rings is 1. The van der Waals surface area contributed by atoms with Crippen LogP contribution in [0.2, 0.25) is 0 Å². The van der Waals surface area contributed by atoms with Gasteiger partial charge in [0.25, 0.3) is 5.91 Å². The average Bonchev–Trinajstić information content (AvgIpc) is 2.73. The second kappa shape index (κ2) is 8.15. The van der Waals surface area contributed by atoms with Gasteiger partial charge in [-0.15, -0.1) is 0 Å². The normalized spacial score (nSPS) is 27.4. The number of carbonyl (C=O) groups excluding carboxylic acids is 1. The maximum Gasteiger partial charge on any atom is 0.253 e. The van der Waals surface area contributed by atoms with Gasteiger partial charge in [0.2, 0.25) is 10.0 Å². The molecule has 1 aromatic rings. The van der Waals surface area contributed by atoms with Crippen LogP contribution < -0.4 is 0 Å². The fraction of sp³-hybridized carbons (Fsp3) is 0.682. The van der Waals surface area contributed by atoms with Gasteiger partial charge in [-0.3, -0.25) is 4.79 Å². The molecule has 6 heteroatoms. The lowest BCUT2D eigenvalue weighted by molar-refractivity contribution is 0.0521. The Labute approximate surface area is 169 Å². The topological polar surface area (TPSA) is 57.7 Å². The summed E-state index contributed by atoms with van der Waals surface area (Å²) in [5.41, 5.74) is 0.598. The molecule has 0 bridgehead atoms. The van der Waals surface area contributed by atoms with Gasteiger partial charge in [0.15, 0.2) is 0 Å². The van der Waals surface area contributed by atoms with E-state index in [2.05, 4.69) is 6.92 Å². The molecule has 0 spiro atoms. The molecule has 1 aromatic carbocycles. The van der Waals surface area contributed by atoms with E-state index < -0.39 is 10.0 Å². The van der Waals surface area contributed by atoms with Crippen molar-refractivity contribution in [3.63, 3.8) is 0 Å². The first-order valence-electron chi connectivity index (χ1n) is 10.8. The number of rotatable bonds is 3. The molecule has 154 valence electrons. The zero-order chi connectivity index (χ0) is 19.7. The summed E-state index contributed by atoms with van der Waals surface area (Å²) in [6.07, 6.45) is 8.09. The molecular weight excluding hydrogens is 372 g/mol. The largest absolute Gasteiger partial charge is 0.338 e. The van der Waals surface area contributed by atoms with E-state index in [1.807, 2.05) is 4.90 Å². The second-order valence-corrected chi connectivity index (χ2v) is 10.9. The molecule has 1 amide bonds. The number of carbonyl (C=O) groups is 1. The van der Waals surface area contributed by atoms with Crippen molar-refractivity contribution in [2.24, 2.45) is 17.8 Å². The second-order valence-electron chi connectivity index (χ2n) is 8.96. The van der Waals surface area contributed by atoms with Gasteiger partial charge in [0.1, 0.15) is 0 Å². The van der Waals surface area contributed by atoms with Crippen LogP contribution in [0.4, 0.5) is 0 Å². The highest BCUT2D eigenvalue weighted by Crippen LogP contribution is 2.36. The Morgan fingerprint density at radius 1 is 0.893 bits per heavy atom. The number of likely N-dealkylation sites (tertiary alicyclic amines) is 1. The van der Waals surface area contributed by atoms with Gasteiger partial charge in [-0.2, -0.15) is 4.31 Å². The third-order valence-corrected chi connectivity index (χ3v) is 8.97. The van der Waals surface area contributed by atoms with E-state index in [9.17, 15) is 13.2 Å². The van der Waals surface area contributed by atoms with E-state index in [-0.39, 0.29) is 5.91 Å². The first kappa shape index (κ1) is 19.9. The minimum absolute atomic E-state index is 0.0415. The Morgan fingerprint density at radius 2 is 1.54 bits per heavy atom. The van der Waals surface area contributed by atoms with Crippen LogP contribution >= 0.6 is 0 Å². The van der Waals surface area contributed by atoms with Gasteiger partial charge in [-0.25, -0.2) is 8.42 Å². The van der Waals surface area contributed by atoms with Crippen LogP contribution in [0.3, 0.4) is 0 Å². The highest BCUT2D eigenvalue weighted by atomic mass is 32.2. The molecule has 5 nitrogen and oxygen atoms in total. The third kappa shape index (κ3) is 3.99. The Kier molecular flexibility index (Phi) is 5.79. The molecule has 0 N–H and O–H groups in total. The Bertz CT molecular complexity index is 798. The Balaban J connectivity index is 1.43. The minimum atomic E-state index is -3.46. The lowest BCUT2D eigenvalue weighted by Gasteiger charge is -2.41. The average molecular weight is 405 g/mol. The van der Waals surface area contributed by atoms with E-state index in [4.69, 9.17) is 0 Å². The van der Waals surface area contributed by atoms with Gasteiger partial charge in [0.05, 0.1) is 4.90 Å². The minimum Gasteiger partial charge on any atom is -0.338 e. The standard InChI is InChI=1S/C22H32N2O3S/c1-17-10-14-24(15-11-17)28(26,27)21-8-6-19(7-9-21)22(25)23-13-12-18-4-2-3-5-20(18)16-23/h6-9,17-18,20H,2-5,10-16H2,1H3/t18-,20-/m1/s1. The van der Waals surface area contributed by atoms with Crippen molar-refractivity contribution in [2.45, 2.75) is 56.8 Å². The van der Waals surface area contributed by atoms with E-state index in [0.29, 0.717) is 35.4 Å². The van der Waals surface area contributed by atoms with Crippen LogP contribution in [-0.2, 0) is 10.0 Å². The molecule has 1 aliphatic carbocycles. The lowest BCUT2D eigenvalue weighted by atomic mass is 9.75. The quantitative estimate of drug-likeness (QED) is 0.771. The predicted molar refractivity (Wildman–Crippen MR) is 110 cm³/mol. The number of hydrogen-bond acceptors (Lipinski definition) is 3. The van der Waals surface area contributed by atoms with Crippen molar-refractivity contribution < 1.29 is 13.2 Å². The van der Waals surface area contributed by atoms with Gasteiger partial charge in [0, 0.05) is 31.7 Å². The van der Waals surface area contributed by atoms with E-state index in [0.717, 1.165) is 38.3 Å². The van der Waals surface area contributed by atoms with E-state index >= 15 is 0 Å². The summed E-state index contributed by atoms with van der Waals surface area (Å²) in [7, 11) is -3.46. The number of fused-ring (bicyclic) bond motifs is 1. The number of nitrogens with zero attached hydrogens (tertiary/aromatic N) is 2. The first-order chi connectivity index (χ1) is 13.4. The molecule has 2 saturated heterocycles. The van der Waals surface area contributed by atoms with Crippen LogP contribution in [0, 0.1) is 17.8 Å². The van der Waals surface area contributed by atoms with Crippen molar-refractivity contribution in [3.05, 3.63) is 29.8 Å². The predicted octanol–water partition coefficient (Wildman–Crippen LogP) is 3.76. The van der Waals surface area contributed by atoms with Gasteiger partial charge >= 0.3 is 0 Å². The molecule has 3 aliphatic rings. The molecule has 4 rings (SSSR count). The SMILES string of the molecule is CC1CCN(S(=O)(=O)c2ccc(C(=O)N3CC[C@H]4CCCC[C@@H]4C3)cc2)CC1. The fourth-order valence-electron chi connectivity index (χ4n) is 5.11. The maximum atomic E-state index is 12.9. The lowest BCUT2D eigenvalue weighted by Crippen LogP contribution is -2.44. The molecule has 1 saturated carbocycles. The molecule has 28 heavy (non-hydrogen) atoms. The summed E-state index contributed by atoms with van der Waals surface area (Å²) in [5, 5.41) is 0. The van der Waals surface area contributed by atoms with Crippen molar-refractivity contribution in [1.82, 2.24) is 9.21 Å². The monoisotopic (exact) mass is 404 g/mol. The molecule has 0 aromatic heterocycles. The van der Waals surface area contributed by atoms with E-state index in [1.54, 1.807) is 28.6 Å². The Morgan fingerprint density at radius 3 is 2.21 bits per heavy atom. The number of sulfonamides is 1. The highest BCUT2D eigenvalue weighted by Gasteiger charge is 2.33. The zero-order valence-electron chi connectivity index (χ0n) is 16.8. The van der Waals surface area contributed by atoms with Gasteiger partial charge < -0.3 is 4.90 Å². The van der Waals surface area contributed by atoms with Crippen LogP contribution in [-0.4, -0.2) is 49.7 Å². The zero-order valence-corrected chi connectivity index (χ0v) is 17.7. The van der Waals surface area contributed by atoms with Gasteiger partial charge in [-0.05, 0) is 67.7 Å². The molecule has 2 atom stereocenters. The molecule has 2 aliphatic heterocycles. The van der Waals surface area contributed by atoms with E-state index in [1.165, 1.54) is 25.7 Å². The van der Waals surface area contributed by atoms with Crippen molar-refractivity contribution in [1.29, 1.82) is 0 Å². The number of piperidine rings is 2. The summed E-state index contributed by atoms with van der Waals surface area (Å²) in [6.45, 7) is 5.02. The Hall–Kier alpha value is -1.40. The van der Waals surface area contributed by atoms with Crippen LogP contribution in [0.15, 0.2) is 29.2 Å². The summed E-state index contributed by atoms with van der Waals surface area (Å²) >= 11 is 0. The highest BCUT2D eigenvalue weighted by molar-refractivity contribution is 7.89. The van der Waals surface area contributed by atoms with Crippen LogP contribution in [0.25, 0.3) is 0 Å².